The van der Waals surface area contributed by atoms with Crippen LogP contribution in [0.15, 0.2) is 6.20 Å². The lowest BCUT2D eigenvalue weighted by Crippen LogP contribution is -2.08. The standard InChI is InChI=1S/C10H16N2O3/c1-7(13)4-5-8-6-12(2)11-9(8)10(14)15-3/h6-7,13H,4-5H2,1-3H3/t7-/m0/s1. The molecule has 1 atom stereocenters. The number of aromatic nitrogens is 2. The van der Waals surface area contributed by atoms with Crippen LogP contribution in [0.2, 0.25) is 0 Å². The van der Waals surface area contributed by atoms with E-state index in [0.717, 1.165) is 5.56 Å². The normalized spacial score (nSPS) is 12.5. The minimum absolute atomic E-state index is 0.334. The predicted octanol–water partition coefficient (Wildman–Crippen LogP) is 0.520. The van der Waals surface area contributed by atoms with Crippen LogP contribution in [0.3, 0.4) is 0 Å². The average Bonchev–Trinajstić information content (AvgIpc) is 2.55. The summed E-state index contributed by atoms with van der Waals surface area (Å²) in [4.78, 5) is 11.3. The van der Waals surface area contributed by atoms with Gasteiger partial charge in [0.1, 0.15) is 0 Å². The van der Waals surface area contributed by atoms with Gasteiger partial charge in [0, 0.05) is 18.8 Å². The van der Waals surface area contributed by atoms with Gasteiger partial charge in [-0.3, -0.25) is 4.68 Å². The van der Waals surface area contributed by atoms with Gasteiger partial charge in [-0.1, -0.05) is 0 Å². The Labute approximate surface area is 88.7 Å². The molecule has 84 valence electrons. The van der Waals surface area contributed by atoms with Crippen molar-refractivity contribution in [2.24, 2.45) is 7.05 Å². The quantitative estimate of drug-likeness (QED) is 0.739. The maximum atomic E-state index is 11.3. The Bertz CT molecular complexity index is 344. The van der Waals surface area contributed by atoms with Gasteiger partial charge in [0.25, 0.3) is 0 Å². The highest BCUT2D eigenvalue weighted by molar-refractivity contribution is 5.88. The summed E-state index contributed by atoms with van der Waals surface area (Å²) in [7, 11) is 3.08. The van der Waals surface area contributed by atoms with Crippen molar-refractivity contribution in [1.29, 1.82) is 0 Å². The molecule has 1 N–H and O–H groups in total. The second-order valence-electron chi connectivity index (χ2n) is 3.56. The Morgan fingerprint density at radius 2 is 2.40 bits per heavy atom. The van der Waals surface area contributed by atoms with E-state index in [1.54, 1.807) is 24.9 Å². The lowest BCUT2D eigenvalue weighted by Gasteiger charge is -2.02. The highest BCUT2D eigenvalue weighted by atomic mass is 16.5. The van der Waals surface area contributed by atoms with Crippen LogP contribution < -0.4 is 0 Å². The number of esters is 1. The van der Waals surface area contributed by atoms with Gasteiger partial charge in [-0.2, -0.15) is 5.10 Å². The number of nitrogens with zero attached hydrogens (tertiary/aromatic N) is 2. The number of hydrogen-bond acceptors (Lipinski definition) is 4. The number of aryl methyl sites for hydroxylation is 2. The molecule has 1 aromatic heterocycles. The van der Waals surface area contributed by atoms with Crippen molar-refractivity contribution in [3.05, 3.63) is 17.5 Å². The number of hydrogen-bond donors (Lipinski definition) is 1. The molecule has 0 radical (unpaired) electrons. The molecule has 0 bridgehead atoms. The average molecular weight is 212 g/mol. The Morgan fingerprint density at radius 3 is 2.93 bits per heavy atom. The number of carbonyl (C=O) groups is 1. The minimum Gasteiger partial charge on any atom is -0.464 e. The molecule has 15 heavy (non-hydrogen) atoms. The lowest BCUT2D eigenvalue weighted by molar-refractivity contribution is 0.0591. The van der Waals surface area contributed by atoms with Gasteiger partial charge in [0.2, 0.25) is 0 Å². The van der Waals surface area contributed by atoms with E-state index in [4.69, 9.17) is 5.11 Å². The topological polar surface area (TPSA) is 64.3 Å². The molecular weight excluding hydrogens is 196 g/mol. The molecule has 1 heterocycles. The molecule has 0 saturated carbocycles. The monoisotopic (exact) mass is 212 g/mol. The van der Waals surface area contributed by atoms with Gasteiger partial charge in [-0.15, -0.1) is 0 Å². The number of aliphatic hydroxyl groups excluding tert-OH is 1. The second-order valence-corrected chi connectivity index (χ2v) is 3.56. The first-order valence-corrected chi connectivity index (χ1v) is 4.83. The molecule has 0 unspecified atom stereocenters. The Kier molecular flexibility index (Phi) is 3.85. The van der Waals surface area contributed by atoms with Crippen molar-refractivity contribution >= 4 is 5.97 Å². The summed E-state index contributed by atoms with van der Waals surface area (Å²) in [5, 5.41) is 13.2. The van der Waals surface area contributed by atoms with E-state index in [-0.39, 0.29) is 6.10 Å². The largest absolute Gasteiger partial charge is 0.464 e. The van der Waals surface area contributed by atoms with Crippen molar-refractivity contribution in [2.45, 2.75) is 25.9 Å². The molecule has 5 heteroatoms. The Balaban J connectivity index is 2.81. The van der Waals surface area contributed by atoms with Gasteiger partial charge in [-0.05, 0) is 19.8 Å². The second kappa shape index (κ2) is 4.93. The molecule has 0 fully saturated rings. The zero-order valence-electron chi connectivity index (χ0n) is 9.23. The molecule has 1 aromatic rings. The molecule has 0 saturated heterocycles. The third-order valence-corrected chi connectivity index (χ3v) is 2.11. The van der Waals surface area contributed by atoms with Gasteiger partial charge >= 0.3 is 5.97 Å². The Hall–Kier alpha value is -1.36. The molecule has 0 aliphatic heterocycles. The number of rotatable bonds is 4. The molecule has 0 aromatic carbocycles. The van der Waals surface area contributed by atoms with Crippen LogP contribution in [-0.2, 0) is 18.2 Å². The van der Waals surface area contributed by atoms with Crippen molar-refractivity contribution < 1.29 is 14.6 Å². The van der Waals surface area contributed by atoms with Crippen molar-refractivity contribution in [2.75, 3.05) is 7.11 Å². The van der Waals surface area contributed by atoms with Crippen LogP contribution in [0.5, 0.6) is 0 Å². The summed E-state index contributed by atoms with van der Waals surface area (Å²) in [5.41, 5.74) is 1.14. The SMILES string of the molecule is COC(=O)c1nn(C)cc1CC[C@H](C)O. The molecule has 0 aliphatic rings. The summed E-state index contributed by atoms with van der Waals surface area (Å²) in [6.07, 6.45) is 2.62. The molecular formula is C10H16N2O3. The smallest absolute Gasteiger partial charge is 0.358 e. The first-order chi connectivity index (χ1) is 7.04. The van der Waals surface area contributed by atoms with E-state index in [1.807, 2.05) is 0 Å². The fourth-order valence-electron chi connectivity index (χ4n) is 1.35. The van der Waals surface area contributed by atoms with Crippen LogP contribution in [-0.4, -0.2) is 34.1 Å². The van der Waals surface area contributed by atoms with Crippen molar-refractivity contribution in [3.63, 3.8) is 0 Å². The third-order valence-electron chi connectivity index (χ3n) is 2.11. The van der Waals surface area contributed by atoms with Gasteiger partial charge in [0.15, 0.2) is 5.69 Å². The van der Waals surface area contributed by atoms with E-state index in [1.165, 1.54) is 7.11 Å². The van der Waals surface area contributed by atoms with Crippen LogP contribution in [0.4, 0.5) is 0 Å². The van der Waals surface area contributed by atoms with Crippen molar-refractivity contribution in [1.82, 2.24) is 9.78 Å². The van der Waals surface area contributed by atoms with Crippen LogP contribution in [0, 0.1) is 0 Å². The Morgan fingerprint density at radius 1 is 1.73 bits per heavy atom. The van der Waals surface area contributed by atoms with E-state index >= 15 is 0 Å². The summed E-state index contributed by atoms with van der Waals surface area (Å²) in [6.45, 7) is 1.72. The first kappa shape index (κ1) is 11.7. The lowest BCUT2D eigenvalue weighted by atomic mass is 10.1. The molecule has 0 amide bonds. The zero-order chi connectivity index (χ0) is 11.4. The number of methoxy groups -OCH3 is 1. The van der Waals surface area contributed by atoms with Crippen LogP contribution in [0.25, 0.3) is 0 Å². The minimum atomic E-state index is -0.434. The van der Waals surface area contributed by atoms with E-state index in [9.17, 15) is 4.79 Å². The summed E-state index contributed by atoms with van der Waals surface area (Å²) in [6, 6.07) is 0. The predicted molar refractivity (Wildman–Crippen MR) is 54.5 cm³/mol. The first-order valence-electron chi connectivity index (χ1n) is 4.83. The van der Waals surface area contributed by atoms with E-state index < -0.39 is 5.97 Å². The van der Waals surface area contributed by atoms with E-state index in [0.29, 0.717) is 18.5 Å². The maximum Gasteiger partial charge on any atom is 0.358 e. The maximum absolute atomic E-state index is 11.3. The molecule has 1 rings (SSSR count). The fraction of sp³-hybridized carbons (Fsp3) is 0.600. The summed E-state index contributed by atoms with van der Waals surface area (Å²) < 4.78 is 6.19. The van der Waals surface area contributed by atoms with E-state index in [2.05, 4.69) is 9.84 Å². The summed E-state index contributed by atoms with van der Waals surface area (Å²) in [5.74, 6) is -0.434. The van der Waals surface area contributed by atoms with Crippen molar-refractivity contribution in [3.8, 4) is 0 Å². The third kappa shape index (κ3) is 3.06. The van der Waals surface area contributed by atoms with Crippen LogP contribution >= 0.6 is 0 Å². The fourth-order valence-corrected chi connectivity index (χ4v) is 1.35. The summed E-state index contributed by atoms with van der Waals surface area (Å²) >= 11 is 0. The highest BCUT2D eigenvalue weighted by Crippen LogP contribution is 2.11. The zero-order valence-corrected chi connectivity index (χ0v) is 9.23. The van der Waals surface area contributed by atoms with Gasteiger partial charge < -0.3 is 9.84 Å². The molecule has 0 spiro atoms. The number of ether oxygens (including phenoxy) is 1. The van der Waals surface area contributed by atoms with Gasteiger partial charge in [0.05, 0.1) is 13.2 Å². The number of aliphatic hydroxyl groups is 1. The number of carbonyl (C=O) groups excluding carboxylic acids is 1. The molecule has 5 nitrogen and oxygen atoms in total. The van der Waals surface area contributed by atoms with Crippen LogP contribution in [0.1, 0.15) is 29.4 Å². The molecule has 0 aliphatic carbocycles. The van der Waals surface area contributed by atoms with Gasteiger partial charge in [-0.25, -0.2) is 4.79 Å². The highest BCUT2D eigenvalue weighted by Gasteiger charge is 2.16.